The summed E-state index contributed by atoms with van der Waals surface area (Å²) >= 11 is 1.78. The van der Waals surface area contributed by atoms with Gasteiger partial charge in [0.1, 0.15) is 0 Å². The topological polar surface area (TPSA) is 18.5 Å². The molecule has 0 amide bonds. The third-order valence-corrected chi connectivity index (χ3v) is 5.17. The molecule has 0 N–H and O–H groups in total. The summed E-state index contributed by atoms with van der Waals surface area (Å²) in [6.07, 6.45) is 2.11. The average molecular weight is 278 g/mol. The summed E-state index contributed by atoms with van der Waals surface area (Å²) in [4.78, 5) is 1.32. The van der Waals surface area contributed by atoms with Crippen LogP contribution in [-0.4, -0.2) is 24.6 Å². The van der Waals surface area contributed by atoms with Crippen molar-refractivity contribution in [1.29, 1.82) is 0 Å². The Labute approximate surface area is 121 Å². The van der Waals surface area contributed by atoms with Gasteiger partial charge in [0.15, 0.2) is 0 Å². The lowest BCUT2D eigenvalue weighted by Gasteiger charge is -2.32. The first-order chi connectivity index (χ1) is 8.68. The van der Waals surface area contributed by atoms with E-state index in [4.69, 9.17) is 9.31 Å². The summed E-state index contributed by atoms with van der Waals surface area (Å²) in [5.41, 5.74) is 3.09. The number of hydrogen-bond donors (Lipinski definition) is 0. The molecule has 19 heavy (non-hydrogen) atoms. The van der Waals surface area contributed by atoms with Crippen molar-refractivity contribution in [2.24, 2.45) is 0 Å². The fourth-order valence-electron chi connectivity index (χ4n) is 2.26. The minimum absolute atomic E-state index is 0.264. The molecule has 1 aromatic carbocycles. The van der Waals surface area contributed by atoms with Crippen molar-refractivity contribution in [3.63, 3.8) is 0 Å². The van der Waals surface area contributed by atoms with Gasteiger partial charge in [-0.15, -0.1) is 11.8 Å². The van der Waals surface area contributed by atoms with E-state index < -0.39 is 0 Å². The molecule has 0 bridgehead atoms. The number of thioether (sulfide) groups is 1. The SMILES string of the molecule is CSc1cc(C)c(B2OC(C)(C)C(C)(C)O2)cc1C. The largest absolute Gasteiger partial charge is 0.495 e. The third-order valence-electron chi connectivity index (χ3n) is 4.29. The van der Waals surface area contributed by atoms with Crippen LogP contribution in [0.5, 0.6) is 0 Å². The molecule has 1 aromatic rings. The quantitative estimate of drug-likeness (QED) is 0.610. The Morgan fingerprint density at radius 2 is 1.47 bits per heavy atom. The first-order valence-electron chi connectivity index (χ1n) is 6.69. The van der Waals surface area contributed by atoms with Crippen LogP contribution >= 0.6 is 11.8 Å². The van der Waals surface area contributed by atoms with Gasteiger partial charge in [0, 0.05) is 4.90 Å². The standard InChI is InChI=1S/C15H23BO2S/c1-10-9-13(19-7)11(2)8-12(10)16-17-14(3,4)15(5,6)18-16/h8-9H,1-7H3. The van der Waals surface area contributed by atoms with Gasteiger partial charge in [0.2, 0.25) is 0 Å². The van der Waals surface area contributed by atoms with E-state index in [-0.39, 0.29) is 18.3 Å². The van der Waals surface area contributed by atoms with Crippen molar-refractivity contribution < 1.29 is 9.31 Å². The zero-order valence-corrected chi connectivity index (χ0v) is 13.8. The van der Waals surface area contributed by atoms with Crippen molar-refractivity contribution in [1.82, 2.24) is 0 Å². The zero-order chi connectivity index (χ0) is 14.4. The van der Waals surface area contributed by atoms with Gasteiger partial charge in [0.05, 0.1) is 11.2 Å². The van der Waals surface area contributed by atoms with E-state index in [9.17, 15) is 0 Å². The smallest absolute Gasteiger partial charge is 0.399 e. The maximum absolute atomic E-state index is 6.13. The molecular formula is C15H23BO2S. The Balaban J connectivity index is 2.37. The highest BCUT2D eigenvalue weighted by atomic mass is 32.2. The van der Waals surface area contributed by atoms with E-state index in [0.29, 0.717) is 0 Å². The zero-order valence-electron chi connectivity index (χ0n) is 13.0. The average Bonchev–Trinajstić information content (AvgIpc) is 2.50. The Bertz CT molecular complexity index is 481. The molecular weight excluding hydrogens is 255 g/mol. The molecule has 1 fully saturated rings. The number of hydrogen-bond acceptors (Lipinski definition) is 3. The van der Waals surface area contributed by atoms with Gasteiger partial charge in [-0.3, -0.25) is 0 Å². The van der Waals surface area contributed by atoms with Gasteiger partial charge >= 0.3 is 7.12 Å². The second kappa shape index (κ2) is 4.83. The van der Waals surface area contributed by atoms with Crippen LogP contribution in [-0.2, 0) is 9.31 Å². The predicted molar refractivity (Wildman–Crippen MR) is 83.4 cm³/mol. The summed E-state index contributed by atoms with van der Waals surface area (Å²) in [6.45, 7) is 12.6. The highest BCUT2D eigenvalue weighted by Crippen LogP contribution is 2.37. The first-order valence-corrected chi connectivity index (χ1v) is 7.91. The van der Waals surface area contributed by atoms with Crippen molar-refractivity contribution >= 4 is 24.3 Å². The lowest BCUT2D eigenvalue weighted by atomic mass is 9.75. The van der Waals surface area contributed by atoms with Gasteiger partial charge in [-0.05, 0) is 64.9 Å². The Kier molecular flexibility index (Phi) is 3.80. The highest BCUT2D eigenvalue weighted by molar-refractivity contribution is 7.98. The van der Waals surface area contributed by atoms with Crippen LogP contribution in [0.3, 0.4) is 0 Å². The molecule has 1 aliphatic heterocycles. The minimum Gasteiger partial charge on any atom is -0.399 e. The summed E-state index contributed by atoms with van der Waals surface area (Å²) in [6, 6.07) is 4.42. The van der Waals surface area contributed by atoms with Gasteiger partial charge in [-0.25, -0.2) is 0 Å². The molecule has 1 aliphatic rings. The molecule has 1 saturated heterocycles. The van der Waals surface area contributed by atoms with Crippen LogP contribution < -0.4 is 5.46 Å². The molecule has 2 rings (SSSR count). The lowest BCUT2D eigenvalue weighted by molar-refractivity contribution is 0.00578. The third kappa shape index (κ3) is 2.58. The number of benzene rings is 1. The molecule has 0 aromatic heterocycles. The van der Waals surface area contributed by atoms with Crippen LogP contribution in [0.4, 0.5) is 0 Å². The molecule has 4 heteroatoms. The molecule has 0 atom stereocenters. The van der Waals surface area contributed by atoms with Gasteiger partial charge < -0.3 is 9.31 Å². The van der Waals surface area contributed by atoms with Crippen molar-refractivity contribution in [2.75, 3.05) is 6.26 Å². The molecule has 0 unspecified atom stereocenters. The fourth-order valence-corrected chi connectivity index (χ4v) is 2.93. The maximum atomic E-state index is 6.13. The fraction of sp³-hybridized carbons (Fsp3) is 0.600. The van der Waals surface area contributed by atoms with Gasteiger partial charge in [0.25, 0.3) is 0 Å². The predicted octanol–water partition coefficient (Wildman–Crippen LogP) is 3.32. The lowest BCUT2D eigenvalue weighted by Crippen LogP contribution is -2.41. The molecule has 2 nitrogen and oxygen atoms in total. The molecule has 0 radical (unpaired) electrons. The molecule has 0 saturated carbocycles. The van der Waals surface area contributed by atoms with Crippen molar-refractivity contribution in [3.8, 4) is 0 Å². The van der Waals surface area contributed by atoms with Crippen molar-refractivity contribution in [2.45, 2.75) is 57.6 Å². The van der Waals surface area contributed by atoms with E-state index >= 15 is 0 Å². The molecule has 0 aliphatic carbocycles. The molecule has 104 valence electrons. The van der Waals surface area contributed by atoms with Crippen LogP contribution in [0.1, 0.15) is 38.8 Å². The van der Waals surface area contributed by atoms with Crippen LogP contribution in [0.2, 0.25) is 0 Å². The van der Waals surface area contributed by atoms with Gasteiger partial charge in [-0.1, -0.05) is 11.6 Å². The summed E-state index contributed by atoms with van der Waals surface area (Å²) in [7, 11) is -0.264. The second-order valence-corrected chi connectivity index (χ2v) is 7.11. The minimum atomic E-state index is -0.282. The van der Waals surface area contributed by atoms with E-state index in [1.807, 2.05) is 0 Å². The van der Waals surface area contributed by atoms with Crippen LogP contribution in [0.15, 0.2) is 17.0 Å². The van der Waals surface area contributed by atoms with Gasteiger partial charge in [-0.2, -0.15) is 0 Å². The van der Waals surface area contributed by atoms with E-state index in [1.54, 1.807) is 11.8 Å². The first kappa shape index (κ1) is 15.0. The second-order valence-electron chi connectivity index (χ2n) is 6.27. The molecule has 1 heterocycles. The summed E-state index contributed by atoms with van der Waals surface area (Å²) < 4.78 is 12.3. The number of rotatable bonds is 2. The maximum Gasteiger partial charge on any atom is 0.495 e. The Morgan fingerprint density at radius 1 is 0.947 bits per heavy atom. The summed E-state index contributed by atoms with van der Waals surface area (Å²) in [5.74, 6) is 0. The number of aryl methyl sites for hydroxylation is 2. The normalized spacial score (nSPS) is 20.9. The summed E-state index contributed by atoms with van der Waals surface area (Å²) in [5, 5.41) is 0. The van der Waals surface area contributed by atoms with Crippen molar-refractivity contribution in [3.05, 3.63) is 23.3 Å². The monoisotopic (exact) mass is 278 g/mol. The molecule has 0 spiro atoms. The Hall–Kier alpha value is -0.445. The Morgan fingerprint density at radius 3 is 1.95 bits per heavy atom. The highest BCUT2D eigenvalue weighted by Gasteiger charge is 2.52. The van der Waals surface area contributed by atoms with Crippen LogP contribution in [0, 0.1) is 13.8 Å². The van der Waals surface area contributed by atoms with Crippen LogP contribution in [0.25, 0.3) is 0 Å². The van der Waals surface area contributed by atoms with E-state index in [2.05, 4.69) is 59.9 Å². The van der Waals surface area contributed by atoms with E-state index in [1.165, 1.54) is 16.0 Å². The van der Waals surface area contributed by atoms with E-state index in [0.717, 1.165) is 5.46 Å².